The molecule has 2 rings (SSSR count). The number of nitrogens with one attached hydrogen (secondary N) is 2. The summed E-state index contributed by atoms with van der Waals surface area (Å²) in [5.41, 5.74) is 4.12. The Labute approximate surface area is 161 Å². The molecule has 1 aromatic heterocycles. The van der Waals surface area contributed by atoms with E-state index in [1.54, 1.807) is 32.4 Å². The number of amides is 1. The number of rotatable bonds is 9. The molecule has 1 heterocycles. The van der Waals surface area contributed by atoms with Gasteiger partial charge in [0, 0.05) is 31.3 Å². The van der Waals surface area contributed by atoms with Crippen LogP contribution < -0.4 is 20.1 Å². The molecule has 1 atom stereocenters. The molecule has 1 aromatic carbocycles. The van der Waals surface area contributed by atoms with Gasteiger partial charge in [0.25, 0.3) is 0 Å². The number of aromatic nitrogens is 2. The zero-order valence-electron chi connectivity index (χ0n) is 17.0. The molecule has 0 fully saturated rings. The van der Waals surface area contributed by atoms with Crippen molar-refractivity contribution in [2.75, 3.05) is 26.1 Å². The predicted molar refractivity (Wildman–Crippen MR) is 107 cm³/mol. The maximum atomic E-state index is 12.4. The monoisotopic (exact) mass is 374 g/mol. The van der Waals surface area contributed by atoms with Gasteiger partial charge in [-0.25, -0.2) is 0 Å². The molecule has 7 heteroatoms. The van der Waals surface area contributed by atoms with Gasteiger partial charge in [0.1, 0.15) is 11.5 Å². The summed E-state index contributed by atoms with van der Waals surface area (Å²) in [6.07, 6.45) is 1.26. The Kier molecular flexibility index (Phi) is 7.24. The summed E-state index contributed by atoms with van der Waals surface area (Å²) in [6, 6.07) is 5.37. The van der Waals surface area contributed by atoms with Gasteiger partial charge in [-0.3, -0.25) is 9.48 Å². The van der Waals surface area contributed by atoms with Crippen LogP contribution in [-0.4, -0.2) is 42.5 Å². The highest BCUT2D eigenvalue weighted by atomic mass is 16.5. The number of anilines is 1. The van der Waals surface area contributed by atoms with Crippen LogP contribution in [0.5, 0.6) is 11.5 Å². The number of ether oxygens (including phenoxy) is 2. The third-order valence-corrected chi connectivity index (χ3v) is 4.70. The molecule has 0 radical (unpaired) electrons. The van der Waals surface area contributed by atoms with E-state index in [1.165, 1.54) is 11.3 Å². The van der Waals surface area contributed by atoms with Gasteiger partial charge in [-0.15, -0.1) is 0 Å². The molecule has 7 nitrogen and oxygen atoms in total. The molecule has 0 spiro atoms. The summed E-state index contributed by atoms with van der Waals surface area (Å²) in [5.74, 6) is 1.20. The lowest BCUT2D eigenvalue weighted by atomic mass is 10.1. The second-order valence-corrected chi connectivity index (χ2v) is 6.70. The van der Waals surface area contributed by atoms with Gasteiger partial charge in [-0.05, 0) is 51.4 Å². The fraction of sp³-hybridized carbons (Fsp3) is 0.500. The zero-order valence-corrected chi connectivity index (χ0v) is 17.0. The molecule has 2 N–H and O–H groups in total. The Bertz CT molecular complexity index is 786. The third-order valence-electron chi connectivity index (χ3n) is 4.70. The standard InChI is InChI=1S/C20H30N4O3/c1-13(21-10-9-17-14(2)23-24(4)15(17)3)11-20(25)22-18-12-16(26-5)7-8-19(18)27-6/h7-8,12-13,21H,9-11H2,1-6H3,(H,22,25). The number of carbonyl (C=O) groups is 1. The first-order valence-electron chi connectivity index (χ1n) is 9.10. The summed E-state index contributed by atoms with van der Waals surface area (Å²) >= 11 is 0. The largest absolute Gasteiger partial charge is 0.497 e. The van der Waals surface area contributed by atoms with Crippen LogP contribution in [0.2, 0.25) is 0 Å². The van der Waals surface area contributed by atoms with Crippen LogP contribution in [-0.2, 0) is 18.3 Å². The zero-order chi connectivity index (χ0) is 20.0. The molecule has 148 valence electrons. The van der Waals surface area contributed by atoms with E-state index in [2.05, 4.69) is 22.7 Å². The highest BCUT2D eigenvalue weighted by Crippen LogP contribution is 2.29. The van der Waals surface area contributed by atoms with Crippen molar-refractivity contribution in [3.8, 4) is 11.5 Å². The minimum absolute atomic E-state index is 0.0545. The van der Waals surface area contributed by atoms with E-state index < -0.39 is 0 Å². The van der Waals surface area contributed by atoms with E-state index in [-0.39, 0.29) is 11.9 Å². The lowest BCUT2D eigenvalue weighted by molar-refractivity contribution is -0.116. The number of hydrogen-bond donors (Lipinski definition) is 2. The van der Waals surface area contributed by atoms with Crippen molar-refractivity contribution < 1.29 is 14.3 Å². The molecular formula is C20H30N4O3. The average molecular weight is 374 g/mol. The predicted octanol–water partition coefficient (Wildman–Crippen LogP) is 2.60. The van der Waals surface area contributed by atoms with Crippen molar-refractivity contribution in [2.45, 2.75) is 39.7 Å². The van der Waals surface area contributed by atoms with Gasteiger partial charge in [-0.2, -0.15) is 5.10 Å². The van der Waals surface area contributed by atoms with Crippen molar-refractivity contribution in [3.63, 3.8) is 0 Å². The fourth-order valence-electron chi connectivity index (χ4n) is 3.09. The highest BCUT2D eigenvalue weighted by molar-refractivity contribution is 5.92. The summed E-state index contributed by atoms with van der Waals surface area (Å²) in [4.78, 5) is 12.4. The van der Waals surface area contributed by atoms with Crippen LogP contribution in [0, 0.1) is 13.8 Å². The molecule has 0 saturated carbocycles. The summed E-state index contributed by atoms with van der Waals surface area (Å²) in [7, 11) is 5.12. The van der Waals surface area contributed by atoms with Crippen LogP contribution in [0.15, 0.2) is 18.2 Å². The molecule has 0 bridgehead atoms. The topological polar surface area (TPSA) is 77.4 Å². The first-order chi connectivity index (χ1) is 12.8. The maximum absolute atomic E-state index is 12.4. The first kappa shape index (κ1) is 20.8. The molecule has 0 aliphatic heterocycles. The molecule has 1 amide bonds. The Balaban J connectivity index is 1.85. The third kappa shape index (κ3) is 5.47. The summed E-state index contributed by atoms with van der Waals surface area (Å²) < 4.78 is 12.4. The number of nitrogens with zero attached hydrogens (tertiary/aromatic N) is 2. The fourth-order valence-corrected chi connectivity index (χ4v) is 3.09. The second-order valence-electron chi connectivity index (χ2n) is 6.70. The summed E-state index contributed by atoms with van der Waals surface area (Å²) in [5, 5.41) is 10.7. The number of hydrogen-bond acceptors (Lipinski definition) is 5. The van der Waals surface area contributed by atoms with Gasteiger partial charge >= 0.3 is 0 Å². The summed E-state index contributed by atoms with van der Waals surface area (Å²) in [6.45, 7) is 6.91. The molecule has 2 aromatic rings. The Hall–Kier alpha value is -2.54. The highest BCUT2D eigenvalue weighted by Gasteiger charge is 2.13. The van der Waals surface area contributed by atoms with Crippen LogP contribution in [0.25, 0.3) is 0 Å². The molecule has 0 saturated heterocycles. The molecule has 27 heavy (non-hydrogen) atoms. The quantitative estimate of drug-likeness (QED) is 0.705. The van der Waals surface area contributed by atoms with Crippen molar-refractivity contribution in [1.29, 1.82) is 0 Å². The number of carbonyl (C=O) groups excluding carboxylic acids is 1. The van der Waals surface area contributed by atoms with Crippen LogP contribution >= 0.6 is 0 Å². The minimum Gasteiger partial charge on any atom is -0.497 e. The first-order valence-corrected chi connectivity index (χ1v) is 9.10. The van der Waals surface area contributed by atoms with E-state index >= 15 is 0 Å². The van der Waals surface area contributed by atoms with Gasteiger partial charge in [0.2, 0.25) is 5.91 Å². The molecule has 1 unspecified atom stereocenters. The SMILES string of the molecule is COc1ccc(OC)c(NC(=O)CC(C)NCCc2c(C)nn(C)c2C)c1. The van der Waals surface area contributed by atoms with E-state index in [1.807, 2.05) is 25.6 Å². The number of aryl methyl sites for hydroxylation is 2. The van der Waals surface area contributed by atoms with Crippen molar-refractivity contribution in [3.05, 3.63) is 35.2 Å². The van der Waals surface area contributed by atoms with Gasteiger partial charge in [0.05, 0.1) is 25.6 Å². The van der Waals surface area contributed by atoms with E-state index in [9.17, 15) is 4.79 Å². The number of benzene rings is 1. The van der Waals surface area contributed by atoms with E-state index in [0.717, 1.165) is 18.7 Å². The Morgan fingerprint density at radius 3 is 2.59 bits per heavy atom. The van der Waals surface area contributed by atoms with E-state index in [0.29, 0.717) is 23.6 Å². The number of methoxy groups -OCH3 is 2. The lowest BCUT2D eigenvalue weighted by Crippen LogP contribution is -2.32. The van der Waals surface area contributed by atoms with Crippen LogP contribution in [0.3, 0.4) is 0 Å². The maximum Gasteiger partial charge on any atom is 0.226 e. The van der Waals surface area contributed by atoms with E-state index in [4.69, 9.17) is 9.47 Å². The molecular weight excluding hydrogens is 344 g/mol. The van der Waals surface area contributed by atoms with Gasteiger partial charge in [-0.1, -0.05) is 0 Å². The molecule has 0 aliphatic carbocycles. The van der Waals surface area contributed by atoms with Gasteiger partial charge < -0.3 is 20.1 Å². The van der Waals surface area contributed by atoms with Crippen molar-refractivity contribution >= 4 is 11.6 Å². The lowest BCUT2D eigenvalue weighted by Gasteiger charge is -2.15. The minimum atomic E-state index is -0.0738. The second kappa shape index (κ2) is 9.41. The average Bonchev–Trinajstić information content (AvgIpc) is 2.87. The normalized spacial score (nSPS) is 11.9. The van der Waals surface area contributed by atoms with Crippen molar-refractivity contribution in [2.24, 2.45) is 7.05 Å². The van der Waals surface area contributed by atoms with Crippen molar-refractivity contribution in [1.82, 2.24) is 15.1 Å². The van der Waals surface area contributed by atoms with Gasteiger partial charge in [0.15, 0.2) is 0 Å². The van der Waals surface area contributed by atoms with Crippen LogP contribution in [0.1, 0.15) is 30.3 Å². The smallest absolute Gasteiger partial charge is 0.226 e. The Morgan fingerprint density at radius 2 is 2.00 bits per heavy atom. The molecule has 0 aliphatic rings. The Morgan fingerprint density at radius 1 is 1.26 bits per heavy atom. The van der Waals surface area contributed by atoms with Crippen LogP contribution in [0.4, 0.5) is 5.69 Å².